The molecule has 0 aliphatic rings. The van der Waals surface area contributed by atoms with Gasteiger partial charge in [-0.2, -0.15) is 0 Å². The average molecular weight is 249 g/mol. The Morgan fingerprint density at radius 1 is 1.29 bits per heavy atom. The Bertz CT molecular complexity index is 500. The molecule has 3 nitrogen and oxygen atoms in total. The van der Waals surface area contributed by atoms with E-state index >= 15 is 0 Å². The maximum absolute atomic E-state index is 6.11. The third-order valence-electron chi connectivity index (χ3n) is 2.33. The lowest BCUT2D eigenvalue weighted by Crippen LogP contribution is -2.05. The smallest absolute Gasteiger partial charge is 0.145 e. The topological polar surface area (TPSA) is 48.1 Å². The van der Waals surface area contributed by atoms with Crippen molar-refractivity contribution in [2.24, 2.45) is 5.73 Å². The van der Waals surface area contributed by atoms with Crippen molar-refractivity contribution in [3.05, 3.63) is 53.3 Å². The first-order chi connectivity index (χ1) is 8.16. The molecule has 0 aliphatic heterocycles. The van der Waals surface area contributed by atoms with Gasteiger partial charge in [-0.15, -0.1) is 0 Å². The minimum Gasteiger partial charge on any atom is -0.456 e. The molecule has 1 unspecified atom stereocenters. The lowest BCUT2D eigenvalue weighted by atomic mass is 10.1. The Morgan fingerprint density at radius 3 is 2.71 bits per heavy atom. The molecule has 1 heterocycles. The van der Waals surface area contributed by atoms with Crippen LogP contribution in [0.25, 0.3) is 0 Å². The van der Waals surface area contributed by atoms with Gasteiger partial charge in [0.2, 0.25) is 0 Å². The first-order valence-electron chi connectivity index (χ1n) is 5.30. The molecule has 0 saturated heterocycles. The van der Waals surface area contributed by atoms with E-state index in [4.69, 9.17) is 22.1 Å². The number of nitrogens with two attached hydrogens (primary N) is 1. The highest BCUT2D eigenvalue weighted by molar-refractivity contribution is 6.31. The molecule has 0 radical (unpaired) electrons. The minimum absolute atomic E-state index is 0.0880. The van der Waals surface area contributed by atoms with Crippen molar-refractivity contribution in [2.45, 2.75) is 13.0 Å². The van der Waals surface area contributed by atoms with Gasteiger partial charge in [-0.1, -0.05) is 17.7 Å². The number of nitrogens with zero attached hydrogens (tertiary/aromatic N) is 1. The maximum Gasteiger partial charge on any atom is 0.145 e. The summed E-state index contributed by atoms with van der Waals surface area (Å²) < 4.78 is 5.61. The van der Waals surface area contributed by atoms with E-state index in [9.17, 15) is 0 Å². The van der Waals surface area contributed by atoms with Crippen LogP contribution in [0.5, 0.6) is 11.5 Å². The van der Waals surface area contributed by atoms with Gasteiger partial charge in [-0.25, -0.2) is 0 Å². The number of hydrogen-bond donors (Lipinski definition) is 1. The summed E-state index contributed by atoms with van der Waals surface area (Å²) in [6.07, 6.45) is 3.34. The molecule has 88 valence electrons. The Hall–Kier alpha value is -1.58. The second-order valence-corrected chi connectivity index (χ2v) is 4.17. The molecule has 2 N–H and O–H groups in total. The van der Waals surface area contributed by atoms with Crippen molar-refractivity contribution in [2.75, 3.05) is 0 Å². The van der Waals surface area contributed by atoms with Gasteiger partial charge in [0.1, 0.15) is 11.5 Å². The van der Waals surface area contributed by atoms with Crippen molar-refractivity contribution < 1.29 is 4.74 Å². The summed E-state index contributed by atoms with van der Waals surface area (Å²) in [4.78, 5) is 3.97. The van der Waals surface area contributed by atoms with E-state index in [0.29, 0.717) is 16.5 Å². The molecule has 2 aromatic rings. The highest BCUT2D eigenvalue weighted by Gasteiger charge is 2.07. The molecule has 0 amide bonds. The summed E-state index contributed by atoms with van der Waals surface area (Å²) in [5, 5.41) is 0.612. The van der Waals surface area contributed by atoms with Gasteiger partial charge in [0, 0.05) is 17.3 Å². The van der Waals surface area contributed by atoms with Gasteiger partial charge < -0.3 is 10.5 Å². The van der Waals surface area contributed by atoms with Gasteiger partial charge in [-0.05, 0) is 36.8 Å². The van der Waals surface area contributed by atoms with Gasteiger partial charge in [0.05, 0.1) is 6.20 Å². The molecule has 17 heavy (non-hydrogen) atoms. The monoisotopic (exact) mass is 248 g/mol. The van der Waals surface area contributed by atoms with Crippen LogP contribution in [0.4, 0.5) is 0 Å². The van der Waals surface area contributed by atoms with Gasteiger partial charge in [0.25, 0.3) is 0 Å². The van der Waals surface area contributed by atoms with E-state index < -0.39 is 0 Å². The number of ether oxygens (including phenoxy) is 1. The normalized spacial score (nSPS) is 12.2. The quantitative estimate of drug-likeness (QED) is 0.904. The number of pyridine rings is 1. The van der Waals surface area contributed by atoms with Crippen molar-refractivity contribution in [3.63, 3.8) is 0 Å². The van der Waals surface area contributed by atoms with Crippen molar-refractivity contribution >= 4 is 11.6 Å². The fourth-order valence-corrected chi connectivity index (χ4v) is 1.83. The Balaban J connectivity index is 2.21. The van der Waals surface area contributed by atoms with Crippen LogP contribution in [-0.2, 0) is 0 Å². The Labute approximate surface area is 105 Å². The molecule has 1 aromatic carbocycles. The molecular weight excluding hydrogens is 236 g/mol. The standard InChI is InChI=1S/C13H13ClN2O/c1-9(15)12-5-4-10(7-13(12)14)17-11-3-2-6-16-8-11/h2-9H,15H2,1H3. The van der Waals surface area contributed by atoms with Crippen LogP contribution in [0.1, 0.15) is 18.5 Å². The van der Waals surface area contributed by atoms with Gasteiger partial charge >= 0.3 is 0 Å². The zero-order valence-corrected chi connectivity index (χ0v) is 10.2. The van der Waals surface area contributed by atoms with E-state index in [-0.39, 0.29) is 6.04 Å². The van der Waals surface area contributed by atoms with Crippen molar-refractivity contribution in [3.8, 4) is 11.5 Å². The first kappa shape index (κ1) is 11.9. The van der Waals surface area contributed by atoms with Crippen LogP contribution < -0.4 is 10.5 Å². The van der Waals surface area contributed by atoms with E-state index in [1.54, 1.807) is 18.5 Å². The number of benzene rings is 1. The number of halogens is 1. The van der Waals surface area contributed by atoms with E-state index in [1.807, 2.05) is 31.2 Å². The molecule has 0 bridgehead atoms. The predicted octanol–water partition coefficient (Wildman–Crippen LogP) is 3.55. The molecule has 0 fully saturated rings. The third-order valence-corrected chi connectivity index (χ3v) is 2.66. The Morgan fingerprint density at radius 2 is 2.12 bits per heavy atom. The average Bonchev–Trinajstić information content (AvgIpc) is 2.30. The lowest BCUT2D eigenvalue weighted by molar-refractivity contribution is 0.480. The second kappa shape index (κ2) is 5.17. The molecule has 1 atom stereocenters. The predicted molar refractivity (Wildman–Crippen MR) is 68.4 cm³/mol. The molecule has 4 heteroatoms. The van der Waals surface area contributed by atoms with Crippen molar-refractivity contribution in [1.29, 1.82) is 0 Å². The largest absolute Gasteiger partial charge is 0.456 e. The summed E-state index contributed by atoms with van der Waals surface area (Å²) in [7, 11) is 0. The zero-order valence-electron chi connectivity index (χ0n) is 9.43. The van der Waals surface area contributed by atoms with E-state index in [0.717, 1.165) is 5.56 Å². The molecule has 1 aromatic heterocycles. The number of rotatable bonds is 3. The summed E-state index contributed by atoms with van der Waals surface area (Å²) >= 11 is 6.11. The molecule has 0 spiro atoms. The molecule has 2 rings (SSSR count). The van der Waals surface area contributed by atoms with Crippen LogP contribution in [-0.4, -0.2) is 4.98 Å². The summed E-state index contributed by atoms with van der Waals surface area (Å²) in [6, 6.07) is 9.03. The summed E-state index contributed by atoms with van der Waals surface area (Å²) in [5.41, 5.74) is 6.69. The van der Waals surface area contributed by atoms with Crippen LogP contribution in [0.15, 0.2) is 42.7 Å². The van der Waals surface area contributed by atoms with Crippen LogP contribution >= 0.6 is 11.6 Å². The fourth-order valence-electron chi connectivity index (χ4n) is 1.48. The van der Waals surface area contributed by atoms with Gasteiger partial charge in [-0.3, -0.25) is 4.98 Å². The van der Waals surface area contributed by atoms with Gasteiger partial charge in [0.15, 0.2) is 0 Å². The Kier molecular flexibility index (Phi) is 3.61. The minimum atomic E-state index is -0.0880. The fraction of sp³-hybridized carbons (Fsp3) is 0.154. The molecule has 0 saturated carbocycles. The zero-order chi connectivity index (χ0) is 12.3. The van der Waals surface area contributed by atoms with Crippen molar-refractivity contribution in [1.82, 2.24) is 4.98 Å². The second-order valence-electron chi connectivity index (χ2n) is 3.76. The van der Waals surface area contributed by atoms with Crippen LogP contribution in [0.2, 0.25) is 5.02 Å². The lowest BCUT2D eigenvalue weighted by Gasteiger charge is -2.10. The maximum atomic E-state index is 6.11. The van der Waals surface area contributed by atoms with Crippen LogP contribution in [0.3, 0.4) is 0 Å². The third kappa shape index (κ3) is 2.96. The number of hydrogen-bond acceptors (Lipinski definition) is 3. The first-order valence-corrected chi connectivity index (χ1v) is 5.67. The highest BCUT2D eigenvalue weighted by atomic mass is 35.5. The summed E-state index contributed by atoms with van der Waals surface area (Å²) in [5.74, 6) is 1.35. The molecular formula is C13H13ClN2O. The van der Waals surface area contributed by atoms with E-state index in [1.165, 1.54) is 0 Å². The highest BCUT2D eigenvalue weighted by Crippen LogP contribution is 2.28. The SMILES string of the molecule is CC(N)c1ccc(Oc2cccnc2)cc1Cl. The van der Waals surface area contributed by atoms with Crippen LogP contribution in [0, 0.1) is 0 Å². The number of aromatic nitrogens is 1. The van der Waals surface area contributed by atoms with E-state index in [2.05, 4.69) is 4.98 Å². The summed E-state index contributed by atoms with van der Waals surface area (Å²) in [6.45, 7) is 1.89. The molecule has 0 aliphatic carbocycles.